The third-order valence-electron chi connectivity index (χ3n) is 1.68. The minimum absolute atomic E-state index is 0.00109. The molecule has 0 amide bonds. The molecule has 4 N–H and O–H groups in total. The summed E-state index contributed by atoms with van der Waals surface area (Å²) in [6.45, 7) is 3.71. The predicted molar refractivity (Wildman–Crippen MR) is 58.4 cm³/mol. The van der Waals surface area contributed by atoms with E-state index in [1.165, 1.54) is 0 Å². The van der Waals surface area contributed by atoms with Crippen molar-refractivity contribution < 1.29 is 5.11 Å². The zero-order valence-electron chi connectivity index (χ0n) is 8.21. The van der Waals surface area contributed by atoms with Crippen molar-refractivity contribution in [2.45, 2.75) is 19.4 Å². The summed E-state index contributed by atoms with van der Waals surface area (Å²) < 4.78 is 0. The fraction of sp³-hybridized carbons (Fsp3) is 0.444. The molecule has 0 aliphatic heterocycles. The largest absolute Gasteiger partial charge is 0.399 e. The summed E-state index contributed by atoms with van der Waals surface area (Å²) in [5.41, 5.74) is 5.70. The first-order chi connectivity index (χ1) is 6.43. The summed E-state index contributed by atoms with van der Waals surface area (Å²) >= 11 is 5.73. The Balaban J connectivity index is 2.87. The minimum Gasteiger partial charge on any atom is -0.399 e. The molecule has 1 rings (SSSR count). The van der Waals surface area contributed by atoms with Gasteiger partial charge in [-0.25, -0.2) is 4.98 Å². The molecular weight excluding hydrogens is 202 g/mol. The van der Waals surface area contributed by atoms with Crippen molar-refractivity contribution in [3.63, 3.8) is 0 Å². The van der Waals surface area contributed by atoms with E-state index in [0.717, 1.165) is 0 Å². The van der Waals surface area contributed by atoms with Crippen molar-refractivity contribution in [2.24, 2.45) is 0 Å². The molecule has 1 aromatic rings. The summed E-state index contributed by atoms with van der Waals surface area (Å²) in [7, 11) is 0. The van der Waals surface area contributed by atoms with Crippen LogP contribution in [0.3, 0.4) is 0 Å². The summed E-state index contributed by atoms with van der Waals surface area (Å²) in [4.78, 5) is 4.03. The number of nitrogens with two attached hydrogens (primary N) is 1. The molecule has 14 heavy (non-hydrogen) atoms. The topological polar surface area (TPSA) is 71.2 Å². The molecule has 4 nitrogen and oxygen atoms in total. The first-order valence-electron chi connectivity index (χ1n) is 4.25. The van der Waals surface area contributed by atoms with Gasteiger partial charge in [-0.3, -0.25) is 0 Å². The fourth-order valence-corrected chi connectivity index (χ4v) is 1.18. The first kappa shape index (κ1) is 11.1. The molecule has 0 unspecified atom stereocenters. The third-order valence-corrected chi connectivity index (χ3v) is 1.87. The normalized spacial score (nSPS) is 11.4. The van der Waals surface area contributed by atoms with Crippen LogP contribution in [0.4, 0.5) is 11.5 Å². The lowest BCUT2D eigenvalue weighted by atomic mass is 10.1. The highest BCUT2D eigenvalue weighted by atomic mass is 35.5. The highest BCUT2D eigenvalue weighted by Gasteiger charge is 2.16. The lowest BCUT2D eigenvalue weighted by molar-refractivity contribution is 0.234. The second-order valence-electron chi connectivity index (χ2n) is 3.78. The van der Waals surface area contributed by atoms with Gasteiger partial charge in [-0.2, -0.15) is 0 Å². The molecule has 1 aromatic heterocycles. The molecule has 0 aliphatic carbocycles. The first-order valence-corrected chi connectivity index (χ1v) is 4.63. The number of aliphatic hydroxyl groups is 1. The molecule has 0 fully saturated rings. The van der Waals surface area contributed by atoms with Crippen molar-refractivity contribution in [1.82, 2.24) is 4.98 Å². The maximum absolute atomic E-state index is 9.04. The van der Waals surface area contributed by atoms with Crippen LogP contribution < -0.4 is 11.1 Å². The Bertz CT molecular complexity index is 308. The Labute approximate surface area is 88.1 Å². The zero-order chi connectivity index (χ0) is 10.8. The van der Waals surface area contributed by atoms with E-state index in [0.29, 0.717) is 16.7 Å². The molecule has 0 saturated carbocycles. The van der Waals surface area contributed by atoms with E-state index in [1.807, 2.05) is 13.8 Å². The number of nitrogens with one attached hydrogen (secondary N) is 1. The number of rotatable bonds is 3. The molecule has 0 aromatic carbocycles. The summed E-state index contributed by atoms with van der Waals surface area (Å²) in [6.07, 6.45) is 0. The van der Waals surface area contributed by atoms with E-state index >= 15 is 0 Å². The average molecular weight is 216 g/mol. The van der Waals surface area contributed by atoms with Gasteiger partial charge in [-0.1, -0.05) is 11.6 Å². The van der Waals surface area contributed by atoms with Gasteiger partial charge in [-0.05, 0) is 19.9 Å². The van der Waals surface area contributed by atoms with Crippen LogP contribution in [0.2, 0.25) is 5.15 Å². The van der Waals surface area contributed by atoms with Crippen molar-refractivity contribution >= 4 is 23.1 Å². The number of hydrogen-bond donors (Lipinski definition) is 3. The third kappa shape index (κ3) is 3.05. The Morgan fingerprint density at radius 2 is 2.21 bits per heavy atom. The molecular formula is C9H14ClN3O. The predicted octanol–water partition coefficient (Wildman–Crippen LogP) is 1.50. The lowest BCUT2D eigenvalue weighted by Crippen LogP contribution is -2.35. The molecule has 0 saturated heterocycles. The number of aromatic nitrogens is 1. The van der Waals surface area contributed by atoms with Gasteiger partial charge in [0, 0.05) is 11.8 Å². The van der Waals surface area contributed by atoms with Gasteiger partial charge in [-0.15, -0.1) is 0 Å². The van der Waals surface area contributed by atoms with Crippen LogP contribution in [-0.4, -0.2) is 22.2 Å². The maximum Gasteiger partial charge on any atom is 0.133 e. The maximum atomic E-state index is 9.04. The number of anilines is 2. The molecule has 0 bridgehead atoms. The van der Waals surface area contributed by atoms with Crippen LogP contribution in [0.5, 0.6) is 0 Å². The zero-order valence-corrected chi connectivity index (χ0v) is 8.97. The van der Waals surface area contributed by atoms with E-state index in [2.05, 4.69) is 10.3 Å². The minimum atomic E-state index is -0.440. The van der Waals surface area contributed by atoms with Crippen molar-refractivity contribution in [3.8, 4) is 0 Å². The second-order valence-corrected chi connectivity index (χ2v) is 4.16. The summed E-state index contributed by atoms with van der Waals surface area (Å²) in [6, 6.07) is 3.24. The van der Waals surface area contributed by atoms with Crippen LogP contribution in [-0.2, 0) is 0 Å². The SMILES string of the molecule is CC(C)(CO)Nc1cc(N)cc(Cl)n1. The molecule has 0 spiro atoms. The van der Waals surface area contributed by atoms with Crippen LogP contribution in [0.15, 0.2) is 12.1 Å². The van der Waals surface area contributed by atoms with Gasteiger partial charge in [0.25, 0.3) is 0 Å². The number of nitrogens with zero attached hydrogens (tertiary/aromatic N) is 1. The average Bonchev–Trinajstić information content (AvgIpc) is 2.01. The fourth-order valence-electron chi connectivity index (χ4n) is 0.967. The van der Waals surface area contributed by atoms with Crippen molar-refractivity contribution in [1.29, 1.82) is 0 Å². The van der Waals surface area contributed by atoms with E-state index in [1.54, 1.807) is 12.1 Å². The van der Waals surface area contributed by atoms with Gasteiger partial charge in [0.15, 0.2) is 0 Å². The van der Waals surface area contributed by atoms with Crippen molar-refractivity contribution in [3.05, 3.63) is 17.3 Å². The Hall–Kier alpha value is -1.00. The summed E-state index contributed by atoms with van der Waals surface area (Å²) in [5, 5.41) is 12.4. The number of nitrogen functional groups attached to an aromatic ring is 1. The lowest BCUT2D eigenvalue weighted by Gasteiger charge is -2.24. The molecule has 0 aliphatic rings. The van der Waals surface area contributed by atoms with Crippen LogP contribution in [0, 0.1) is 0 Å². The van der Waals surface area contributed by atoms with Crippen molar-refractivity contribution in [2.75, 3.05) is 17.7 Å². The highest BCUT2D eigenvalue weighted by Crippen LogP contribution is 2.18. The molecule has 0 radical (unpaired) electrons. The number of pyridine rings is 1. The molecule has 1 heterocycles. The Morgan fingerprint density at radius 3 is 2.71 bits per heavy atom. The second kappa shape index (κ2) is 4.02. The smallest absolute Gasteiger partial charge is 0.133 e. The Kier molecular flexibility index (Phi) is 3.18. The number of hydrogen-bond acceptors (Lipinski definition) is 4. The Morgan fingerprint density at radius 1 is 1.57 bits per heavy atom. The van der Waals surface area contributed by atoms with Gasteiger partial charge >= 0.3 is 0 Å². The number of aliphatic hydroxyl groups excluding tert-OH is 1. The molecule has 5 heteroatoms. The van der Waals surface area contributed by atoms with Gasteiger partial charge in [0.2, 0.25) is 0 Å². The monoisotopic (exact) mass is 215 g/mol. The van der Waals surface area contributed by atoms with Crippen LogP contribution in [0.1, 0.15) is 13.8 Å². The summed E-state index contributed by atoms with van der Waals surface area (Å²) in [5.74, 6) is 0.564. The highest BCUT2D eigenvalue weighted by molar-refractivity contribution is 6.29. The number of halogens is 1. The molecule has 0 atom stereocenters. The standard InChI is InChI=1S/C9H14ClN3O/c1-9(2,5-14)13-8-4-6(11)3-7(10)12-8/h3-4,14H,5H2,1-2H3,(H3,11,12,13). The van der Waals surface area contributed by atoms with Crippen LogP contribution >= 0.6 is 11.6 Å². The molecule has 78 valence electrons. The van der Waals surface area contributed by atoms with E-state index < -0.39 is 5.54 Å². The van der Waals surface area contributed by atoms with Gasteiger partial charge in [0.05, 0.1) is 12.1 Å². The quantitative estimate of drug-likeness (QED) is 0.669. The van der Waals surface area contributed by atoms with E-state index in [-0.39, 0.29) is 6.61 Å². The van der Waals surface area contributed by atoms with E-state index in [9.17, 15) is 0 Å². The van der Waals surface area contributed by atoms with E-state index in [4.69, 9.17) is 22.4 Å². The van der Waals surface area contributed by atoms with Crippen LogP contribution in [0.25, 0.3) is 0 Å². The van der Waals surface area contributed by atoms with Gasteiger partial charge < -0.3 is 16.2 Å². The van der Waals surface area contributed by atoms with Gasteiger partial charge in [0.1, 0.15) is 11.0 Å².